The first kappa shape index (κ1) is 16.0. The van der Waals surface area contributed by atoms with Crippen molar-refractivity contribution in [1.82, 2.24) is 0 Å². The summed E-state index contributed by atoms with van der Waals surface area (Å²) in [5.41, 5.74) is 8.44. The summed E-state index contributed by atoms with van der Waals surface area (Å²) in [4.78, 5) is 15.8. The molecule has 0 heterocycles. The van der Waals surface area contributed by atoms with E-state index in [1.807, 2.05) is 49.4 Å². The van der Waals surface area contributed by atoms with Crippen LogP contribution in [0.2, 0.25) is 0 Å². The van der Waals surface area contributed by atoms with E-state index in [4.69, 9.17) is 5.73 Å². The molecule has 22 heavy (non-hydrogen) atoms. The van der Waals surface area contributed by atoms with Gasteiger partial charge in [-0.15, -0.1) is 0 Å². The maximum atomic E-state index is 11.8. The van der Waals surface area contributed by atoms with Crippen molar-refractivity contribution < 1.29 is 4.79 Å². The maximum absolute atomic E-state index is 11.8. The highest BCUT2D eigenvalue weighted by molar-refractivity contribution is 9.10. The van der Waals surface area contributed by atoms with Gasteiger partial charge < -0.3 is 16.4 Å². The van der Waals surface area contributed by atoms with Gasteiger partial charge in [0.05, 0.1) is 0 Å². The van der Waals surface area contributed by atoms with Gasteiger partial charge >= 0.3 is 0 Å². The highest BCUT2D eigenvalue weighted by atomic mass is 79.9. The molecule has 5 nitrogen and oxygen atoms in total. The molecule has 0 bridgehead atoms. The third-order valence-electron chi connectivity index (χ3n) is 2.79. The van der Waals surface area contributed by atoms with Gasteiger partial charge in [-0.25, -0.2) is 4.99 Å². The number of guanidine groups is 1. The van der Waals surface area contributed by atoms with Gasteiger partial charge in [-0.3, -0.25) is 4.79 Å². The Hall–Kier alpha value is -2.34. The molecule has 0 saturated heterocycles. The SMILES string of the molecule is Cc1cccc(NC(N)=NCC(=O)Nc2cccc(Br)c2)c1. The summed E-state index contributed by atoms with van der Waals surface area (Å²) < 4.78 is 0.898. The van der Waals surface area contributed by atoms with Gasteiger partial charge in [0.2, 0.25) is 5.91 Å². The lowest BCUT2D eigenvalue weighted by molar-refractivity contribution is -0.114. The number of anilines is 2. The Morgan fingerprint density at radius 1 is 1.14 bits per heavy atom. The number of nitrogens with one attached hydrogen (secondary N) is 2. The van der Waals surface area contributed by atoms with Crippen molar-refractivity contribution >= 4 is 39.2 Å². The molecular formula is C16H17BrN4O. The van der Waals surface area contributed by atoms with Crippen LogP contribution in [0.25, 0.3) is 0 Å². The Balaban J connectivity index is 1.89. The molecule has 0 unspecified atom stereocenters. The lowest BCUT2D eigenvalue weighted by Gasteiger charge is -2.07. The van der Waals surface area contributed by atoms with Crippen LogP contribution in [0.1, 0.15) is 5.56 Å². The van der Waals surface area contributed by atoms with Crippen LogP contribution in [-0.2, 0) is 4.79 Å². The van der Waals surface area contributed by atoms with E-state index >= 15 is 0 Å². The van der Waals surface area contributed by atoms with Gasteiger partial charge in [0.1, 0.15) is 6.54 Å². The zero-order chi connectivity index (χ0) is 15.9. The van der Waals surface area contributed by atoms with E-state index in [2.05, 4.69) is 31.6 Å². The molecule has 0 aromatic heterocycles. The Morgan fingerprint density at radius 2 is 1.82 bits per heavy atom. The van der Waals surface area contributed by atoms with E-state index in [0.29, 0.717) is 5.69 Å². The van der Waals surface area contributed by atoms with Crippen LogP contribution in [-0.4, -0.2) is 18.4 Å². The first-order chi connectivity index (χ1) is 10.5. The minimum absolute atomic E-state index is 0.0445. The smallest absolute Gasteiger partial charge is 0.246 e. The molecule has 1 amide bonds. The van der Waals surface area contributed by atoms with Crippen LogP contribution in [0.15, 0.2) is 58.0 Å². The van der Waals surface area contributed by atoms with Crippen molar-refractivity contribution in [3.63, 3.8) is 0 Å². The second-order valence-corrected chi connectivity index (χ2v) is 5.67. The summed E-state index contributed by atoms with van der Waals surface area (Å²) in [7, 11) is 0. The molecule has 0 aliphatic heterocycles. The number of hydrogen-bond donors (Lipinski definition) is 3. The molecule has 2 aromatic carbocycles. The van der Waals surface area contributed by atoms with E-state index in [-0.39, 0.29) is 18.4 Å². The van der Waals surface area contributed by atoms with E-state index in [0.717, 1.165) is 15.7 Å². The number of rotatable bonds is 4. The van der Waals surface area contributed by atoms with Gasteiger partial charge in [-0.2, -0.15) is 0 Å². The molecule has 0 atom stereocenters. The van der Waals surface area contributed by atoms with Crippen molar-refractivity contribution in [2.75, 3.05) is 17.2 Å². The standard InChI is InChI=1S/C16H17BrN4O/c1-11-4-2-6-13(8-11)21-16(18)19-10-15(22)20-14-7-3-5-12(17)9-14/h2-9H,10H2,1H3,(H,20,22)(H3,18,19,21). The van der Waals surface area contributed by atoms with Gasteiger partial charge in [-0.1, -0.05) is 34.1 Å². The van der Waals surface area contributed by atoms with E-state index < -0.39 is 0 Å². The minimum atomic E-state index is -0.230. The number of aryl methyl sites for hydroxylation is 1. The number of nitrogens with zero attached hydrogens (tertiary/aromatic N) is 1. The molecule has 114 valence electrons. The highest BCUT2D eigenvalue weighted by Gasteiger charge is 2.02. The zero-order valence-corrected chi connectivity index (χ0v) is 13.7. The van der Waals surface area contributed by atoms with Gasteiger partial charge in [0.15, 0.2) is 5.96 Å². The second-order valence-electron chi connectivity index (χ2n) is 4.75. The number of nitrogens with two attached hydrogens (primary N) is 1. The first-order valence-electron chi connectivity index (χ1n) is 6.72. The van der Waals surface area contributed by atoms with Crippen LogP contribution < -0.4 is 16.4 Å². The summed E-state index contributed by atoms with van der Waals surface area (Å²) in [6.45, 7) is 1.95. The average molecular weight is 361 g/mol. The molecule has 0 saturated carbocycles. The van der Waals surface area contributed by atoms with Crippen molar-refractivity contribution in [1.29, 1.82) is 0 Å². The van der Waals surface area contributed by atoms with Crippen LogP contribution in [0, 0.1) is 6.92 Å². The van der Waals surface area contributed by atoms with Crippen molar-refractivity contribution in [3.8, 4) is 0 Å². The third kappa shape index (κ3) is 5.21. The van der Waals surface area contributed by atoms with E-state index in [1.165, 1.54) is 0 Å². The molecular weight excluding hydrogens is 344 g/mol. The maximum Gasteiger partial charge on any atom is 0.246 e. The highest BCUT2D eigenvalue weighted by Crippen LogP contribution is 2.15. The number of carbonyl (C=O) groups is 1. The minimum Gasteiger partial charge on any atom is -0.370 e. The predicted molar refractivity (Wildman–Crippen MR) is 94.1 cm³/mol. The Labute approximate surface area is 137 Å². The van der Waals surface area contributed by atoms with Crippen LogP contribution in [0.3, 0.4) is 0 Å². The molecule has 4 N–H and O–H groups in total. The van der Waals surface area contributed by atoms with Crippen molar-refractivity contribution in [2.45, 2.75) is 6.92 Å². The number of benzene rings is 2. The molecule has 2 aromatic rings. The second kappa shape index (κ2) is 7.61. The Kier molecular flexibility index (Phi) is 5.55. The number of aliphatic imine (C=N–C) groups is 1. The summed E-state index contributed by atoms with van der Waals surface area (Å²) >= 11 is 3.35. The van der Waals surface area contributed by atoms with Crippen LogP contribution >= 0.6 is 15.9 Å². The summed E-state index contributed by atoms with van der Waals surface area (Å²) in [6.07, 6.45) is 0. The number of halogens is 1. The zero-order valence-electron chi connectivity index (χ0n) is 12.1. The quantitative estimate of drug-likeness (QED) is 0.578. The van der Waals surface area contributed by atoms with Crippen LogP contribution in [0.4, 0.5) is 11.4 Å². The Bertz CT molecular complexity index is 700. The Morgan fingerprint density at radius 3 is 2.50 bits per heavy atom. The largest absolute Gasteiger partial charge is 0.370 e. The normalized spacial score (nSPS) is 11.1. The van der Waals surface area contributed by atoms with Gasteiger partial charge in [0.25, 0.3) is 0 Å². The molecule has 0 aliphatic carbocycles. The predicted octanol–water partition coefficient (Wildman–Crippen LogP) is 3.12. The molecule has 0 aliphatic rings. The van der Waals surface area contributed by atoms with Crippen LogP contribution in [0.5, 0.6) is 0 Å². The number of hydrogen-bond acceptors (Lipinski definition) is 2. The number of carbonyl (C=O) groups excluding carboxylic acids is 1. The summed E-state index contributed by atoms with van der Waals surface area (Å²) in [5, 5.41) is 5.70. The molecule has 0 radical (unpaired) electrons. The van der Waals surface area contributed by atoms with Gasteiger partial charge in [-0.05, 0) is 42.8 Å². The topological polar surface area (TPSA) is 79.5 Å². The lowest BCUT2D eigenvalue weighted by atomic mass is 10.2. The fourth-order valence-corrected chi connectivity index (χ4v) is 2.23. The van der Waals surface area contributed by atoms with E-state index in [1.54, 1.807) is 6.07 Å². The first-order valence-corrected chi connectivity index (χ1v) is 7.51. The van der Waals surface area contributed by atoms with Gasteiger partial charge in [0, 0.05) is 15.8 Å². The third-order valence-corrected chi connectivity index (χ3v) is 3.29. The molecule has 6 heteroatoms. The fourth-order valence-electron chi connectivity index (χ4n) is 1.83. The van der Waals surface area contributed by atoms with Crippen molar-refractivity contribution in [3.05, 3.63) is 58.6 Å². The molecule has 0 spiro atoms. The lowest BCUT2D eigenvalue weighted by Crippen LogP contribution is -2.25. The molecule has 0 fully saturated rings. The fraction of sp³-hybridized carbons (Fsp3) is 0.125. The average Bonchev–Trinajstić information content (AvgIpc) is 2.45. The monoisotopic (exact) mass is 360 g/mol. The summed E-state index contributed by atoms with van der Waals surface area (Å²) in [5.74, 6) is -0.0258. The van der Waals surface area contributed by atoms with E-state index in [9.17, 15) is 4.79 Å². The molecule has 2 rings (SSSR count). The van der Waals surface area contributed by atoms with Crippen molar-refractivity contribution in [2.24, 2.45) is 10.7 Å². The number of amides is 1. The summed E-state index contributed by atoms with van der Waals surface area (Å²) in [6, 6.07) is 15.1.